The Balaban J connectivity index is 3.16. The summed E-state index contributed by atoms with van der Waals surface area (Å²) in [5.74, 6) is -5.76. The number of carboxylic acids is 2. The largest absolute Gasteiger partial charge is 0.481 e. The molecule has 1 rings (SSSR count). The summed E-state index contributed by atoms with van der Waals surface area (Å²) < 4.78 is 29.2. The Hall–Kier alpha value is -2.54. The Morgan fingerprint density at radius 1 is 0.917 bits per heavy atom. The van der Waals surface area contributed by atoms with Gasteiger partial charge in [0.1, 0.15) is 0 Å². The molecule has 0 aromatic heterocycles. The van der Waals surface area contributed by atoms with E-state index in [9.17, 15) is 33.0 Å². The summed E-state index contributed by atoms with van der Waals surface area (Å²) in [5, 5.41) is 32.1. The number of hydrogen-bond donors (Lipinski definition) is 5. The maximum Gasteiger partial charge on any atom is 0.307 e. The number of nitrogens with one attached hydrogen (secondary N) is 2. The molecule has 0 bridgehead atoms. The summed E-state index contributed by atoms with van der Waals surface area (Å²) in [6.45, 7) is 7.22. The average molecular weight is 530 g/mol. The maximum atomic E-state index is 13.0. The number of aliphatic hydroxyl groups excluding tert-OH is 1. The van der Waals surface area contributed by atoms with Gasteiger partial charge in [-0.3, -0.25) is 14.4 Å². The second kappa shape index (κ2) is 14.3. The van der Waals surface area contributed by atoms with Crippen molar-refractivity contribution in [2.24, 2.45) is 23.7 Å². The van der Waals surface area contributed by atoms with Crippen molar-refractivity contribution in [3.8, 4) is 0 Å². The molecule has 0 aliphatic carbocycles. The van der Waals surface area contributed by atoms with Gasteiger partial charge in [0, 0.05) is 25.6 Å². The van der Waals surface area contributed by atoms with Gasteiger partial charge in [-0.2, -0.15) is 12.7 Å². The molecular formula is C24H39N3O8S. The van der Waals surface area contributed by atoms with Gasteiger partial charge in [0.15, 0.2) is 0 Å². The summed E-state index contributed by atoms with van der Waals surface area (Å²) in [5.41, 5.74) is 0.785. The monoisotopic (exact) mass is 529 g/mol. The van der Waals surface area contributed by atoms with Crippen LogP contribution < -0.4 is 10.0 Å². The zero-order valence-corrected chi connectivity index (χ0v) is 22.2. The number of nitrogens with zero attached hydrogens (tertiary/aromatic N) is 1. The van der Waals surface area contributed by atoms with E-state index in [4.69, 9.17) is 5.11 Å². The van der Waals surface area contributed by atoms with Gasteiger partial charge in [0.2, 0.25) is 5.91 Å². The van der Waals surface area contributed by atoms with Crippen LogP contribution >= 0.6 is 0 Å². The quantitative estimate of drug-likeness (QED) is 0.210. The summed E-state index contributed by atoms with van der Waals surface area (Å²) in [6.07, 6.45) is -1.16. The number of rotatable bonds is 16. The molecule has 11 nitrogen and oxygen atoms in total. The highest BCUT2D eigenvalue weighted by Crippen LogP contribution is 2.15. The zero-order valence-electron chi connectivity index (χ0n) is 21.4. The molecule has 1 aromatic carbocycles. The van der Waals surface area contributed by atoms with Crippen LogP contribution in [0.1, 0.15) is 40.2 Å². The molecule has 0 radical (unpaired) electrons. The predicted octanol–water partition coefficient (Wildman–Crippen LogP) is 0.945. The standard InChI is InChI=1S/C24H39N3O8S/c1-15(2)13-27(36(34,35)25-12-16(3)23(30)31)14-21(28)20(11-19-9-7-6-8-10-19)26-22(29)17(4)18(5)24(32)33/h6-10,15-18,20-21,25,28H,11-14H2,1-5H3,(H,26,29)(H,30,31)(H,32,33)/t16?,17-,18?,20?,21-/m1/s1. The molecule has 0 fully saturated rings. The van der Waals surface area contributed by atoms with Gasteiger partial charge < -0.3 is 20.6 Å². The number of carboxylic acid groups (broad SMARTS) is 2. The molecule has 36 heavy (non-hydrogen) atoms. The van der Waals surface area contributed by atoms with Crippen LogP contribution in [-0.4, -0.2) is 77.7 Å². The van der Waals surface area contributed by atoms with Crippen molar-refractivity contribution in [3.63, 3.8) is 0 Å². The van der Waals surface area contributed by atoms with Crippen molar-refractivity contribution in [3.05, 3.63) is 35.9 Å². The molecule has 0 heterocycles. The van der Waals surface area contributed by atoms with E-state index in [2.05, 4.69) is 10.0 Å². The summed E-state index contributed by atoms with van der Waals surface area (Å²) >= 11 is 0. The number of carbonyl (C=O) groups excluding carboxylic acids is 1. The minimum Gasteiger partial charge on any atom is -0.481 e. The van der Waals surface area contributed by atoms with Gasteiger partial charge in [0.05, 0.1) is 24.0 Å². The molecule has 3 unspecified atom stereocenters. The lowest BCUT2D eigenvalue weighted by atomic mass is 9.93. The molecule has 1 aromatic rings. The van der Waals surface area contributed by atoms with Crippen molar-refractivity contribution in [1.82, 2.24) is 14.3 Å². The lowest BCUT2D eigenvalue weighted by molar-refractivity contribution is -0.146. The van der Waals surface area contributed by atoms with Crippen LogP contribution in [0.2, 0.25) is 0 Å². The number of aliphatic hydroxyl groups is 1. The van der Waals surface area contributed by atoms with E-state index in [1.807, 2.05) is 6.07 Å². The molecule has 0 saturated heterocycles. The van der Waals surface area contributed by atoms with Gasteiger partial charge in [-0.25, -0.2) is 4.72 Å². The lowest BCUT2D eigenvalue weighted by Crippen LogP contribution is -2.54. The van der Waals surface area contributed by atoms with Gasteiger partial charge in [-0.15, -0.1) is 0 Å². The number of hydrogen-bond acceptors (Lipinski definition) is 6. The Morgan fingerprint density at radius 3 is 2.00 bits per heavy atom. The van der Waals surface area contributed by atoms with Crippen LogP contribution in [0.5, 0.6) is 0 Å². The normalized spacial score (nSPS) is 16.2. The maximum absolute atomic E-state index is 13.0. The van der Waals surface area contributed by atoms with Crippen LogP contribution in [0.3, 0.4) is 0 Å². The lowest BCUT2D eigenvalue weighted by Gasteiger charge is -2.31. The highest BCUT2D eigenvalue weighted by molar-refractivity contribution is 7.87. The van der Waals surface area contributed by atoms with Gasteiger partial charge in [0.25, 0.3) is 10.2 Å². The SMILES string of the molecule is CC(C)CN(C[C@@H](O)C(Cc1ccccc1)NC(=O)[C@H](C)C(C)C(=O)O)S(=O)(=O)NCC(C)C(=O)O. The third-order valence-corrected chi connectivity index (χ3v) is 7.45. The minimum atomic E-state index is -4.15. The van der Waals surface area contributed by atoms with Crippen LogP contribution in [0, 0.1) is 23.7 Å². The minimum absolute atomic E-state index is 0.0479. The van der Waals surface area contributed by atoms with E-state index in [0.29, 0.717) is 0 Å². The van der Waals surface area contributed by atoms with E-state index in [0.717, 1.165) is 9.87 Å². The third-order valence-electron chi connectivity index (χ3n) is 5.94. The van der Waals surface area contributed by atoms with Gasteiger partial charge >= 0.3 is 11.9 Å². The van der Waals surface area contributed by atoms with Gasteiger partial charge in [-0.1, -0.05) is 65.0 Å². The predicted molar refractivity (Wildman–Crippen MR) is 134 cm³/mol. The van der Waals surface area contributed by atoms with Crippen LogP contribution in [-0.2, 0) is 31.0 Å². The van der Waals surface area contributed by atoms with Crippen LogP contribution in [0.25, 0.3) is 0 Å². The first-order valence-electron chi connectivity index (χ1n) is 11.9. The third kappa shape index (κ3) is 10.2. The molecule has 5 N–H and O–H groups in total. The number of benzene rings is 1. The fourth-order valence-corrected chi connectivity index (χ4v) is 4.82. The second-order valence-electron chi connectivity index (χ2n) is 9.59. The van der Waals surface area contributed by atoms with Gasteiger partial charge in [-0.05, 0) is 17.9 Å². The number of carbonyl (C=O) groups is 3. The molecule has 5 atom stereocenters. The first-order chi connectivity index (χ1) is 16.7. The van der Waals surface area contributed by atoms with Crippen LogP contribution in [0.4, 0.5) is 0 Å². The summed E-state index contributed by atoms with van der Waals surface area (Å²) in [4.78, 5) is 35.2. The molecule has 0 spiro atoms. The summed E-state index contributed by atoms with van der Waals surface area (Å²) in [6, 6.07) is 8.08. The van der Waals surface area contributed by atoms with E-state index in [-0.39, 0.29) is 32.0 Å². The molecule has 0 aliphatic rings. The van der Waals surface area contributed by atoms with Crippen molar-refractivity contribution >= 4 is 28.1 Å². The Labute approximate surface area is 213 Å². The molecule has 0 aliphatic heterocycles. The van der Waals surface area contributed by atoms with E-state index >= 15 is 0 Å². The van der Waals surface area contributed by atoms with E-state index < -0.39 is 58.0 Å². The molecule has 0 saturated carbocycles. The average Bonchev–Trinajstić information content (AvgIpc) is 2.80. The van der Waals surface area contributed by atoms with Crippen molar-refractivity contribution < 1.29 is 38.1 Å². The first-order valence-corrected chi connectivity index (χ1v) is 13.3. The topological polar surface area (TPSA) is 173 Å². The second-order valence-corrected chi connectivity index (χ2v) is 11.3. The van der Waals surface area contributed by atoms with Crippen molar-refractivity contribution in [1.29, 1.82) is 0 Å². The smallest absolute Gasteiger partial charge is 0.307 e. The molecule has 12 heteroatoms. The Morgan fingerprint density at radius 2 is 1.50 bits per heavy atom. The highest BCUT2D eigenvalue weighted by Gasteiger charge is 2.33. The first kappa shape index (κ1) is 31.5. The Bertz CT molecular complexity index is 971. The fourth-order valence-electron chi connectivity index (χ4n) is 3.33. The van der Waals surface area contributed by atoms with Crippen LogP contribution in [0.15, 0.2) is 30.3 Å². The number of amides is 1. The summed E-state index contributed by atoms with van der Waals surface area (Å²) in [7, 11) is -4.15. The van der Waals surface area contributed by atoms with Crippen molar-refractivity contribution in [2.75, 3.05) is 19.6 Å². The van der Waals surface area contributed by atoms with Crippen molar-refractivity contribution in [2.45, 2.75) is 53.2 Å². The van der Waals surface area contributed by atoms with E-state index in [1.165, 1.54) is 20.8 Å². The molecule has 204 valence electrons. The molecule has 1 amide bonds. The van der Waals surface area contributed by atoms with E-state index in [1.54, 1.807) is 38.1 Å². The zero-order chi connectivity index (χ0) is 27.6. The molecular weight excluding hydrogens is 490 g/mol. The Kier molecular flexibility index (Phi) is 12.5. The fraction of sp³-hybridized carbons (Fsp3) is 0.625. The number of aliphatic carboxylic acids is 2. The highest BCUT2D eigenvalue weighted by atomic mass is 32.2.